The van der Waals surface area contributed by atoms with Crippen LogP contribution in [0.25, 0.3) is 0 Å². The largest absolute Gasteiger partial charge is 0.394 e. The van der Waals surface area contributed by atoms with E-state index in [0.717, 1.165) is 0 Å². The van der Waals surface area contributed by atoms with Crippen LogP contribution in [0.5, 0.6) is 0 Å². The Morgan fingerprint density at radius 2 is 0.868 bits per heavy atom. The maximum absolute atomic E-state index is 13.3. The minimum Gasteiger partial charge on any atom is -0.394 e. The highest BCUT2D eigenvalue weighted by Crippen LogP contribution is 2.36. The lowest BCUT2D eigenvalue weighted by Gasteiger charge is -2.47. The number of allylic oxidation sites excluding steroid dienone is 2. The van der Waals surface area contributed by atoms with Gasteiger partial charge in [-0.15, -0.1) is 0 Å². The van der Waals surface area contributed by atoms with Gasteiger partial charge in [0.05, 0.1) is 51.0 Å². The number of hydrogen-bond donors (Lipinski definition) is 14. The van der Waals surface area contributed by atoms with Gasteiger partial charge < -0.3 is 120 Å². The number of aliphatic hydroxyl groups excluding tert-OH is 10. The molecule has 12 heterocycles. The highest BCUT2D eigenvalue weighted by atomic mass is 16.8. The van der Waals surface area contributed by atoms with Crippen LogP contribution in [0, 0.1) is 11.8 Å². The summed E-state index contributed by atoms with van der Waals surface area (Å²) in [6.45, 7) is 7.99. The summed E-state index contributed by atoms with van der Waals surface area (Å²) in [5.74, 6) is -2.69. The summed E-state index contributed by atoms with van der Waals surface area (Å²) in [7, 11) is 0. The number of rotatable bonds is 21. The van der Waals surface area contributed by atoms with E-state index in [4.69, 9.17) is 37.9 Å². The van der Waals surface area contributed by atoms with E-state index < -0.39 is 147 Å². The van der Waals surface area contributed by atoms with Gasteiger partial charge in [0.1, 0.15) is 66.8 Å². The zero-order chi connectivity index (χ0) is 55.2. The molecule has 12 saturated heterocycles. The first kappa shape index (κ1) is 61.6. The van der Waals surface area contributed by atoms with Crippen molar-refractivity contribution in [2.45, 2.75) is 195 Å². The molecular weight excluding hydrogens is 1010 g/mol. The first-order valence-electron chi connectivity index (χ1n) is 26.3. The topological polar surface area (TPSA) is 396 Å². The molecule has 20 atom stereocenters. The quantitative estimate of drug-likeness (QED) is 0.0480. The summed E-state index contributed by atoms with van der Waals surface area (Å²) in [6.07, 6.45) is -21.8. The molecule has 0 aromatic carbocycles. The van der Waals surface area contributed by atoms with Crippen molar-refractivity contribution < 1.29 is 108 Å². The maximum atomic E-state index is 13.3. The average Bonchev–Trinajstić information content (AvgIpc) is 3.40. The van der Waals surface area contributed by atoms with E-state index in [0.29, 0.717) is 49.9 Å². The zero-order valence-corrected chi connectivity index (χ0v) is 42.9. The van der Waals surface area contributed by atoms with E-state index >= 15 is 0 Å². The lowest BCUT2D eigenvalue weighted by molar-refractivity contribution is -0.355. The lowest BCUT2D eigenvalue weighted by atomic mass is 9.84. The molecule has 27 heteroatoms. The normalized spacial score (nSPS) is 38.0. The molecule has 434 valence electrons. The van der Waals surface area contributed by atoms with Gasteiger partial charge in [0.2, 0.25) is 17.7 Å². The second-order valence-corrected chi connectivity index (χ2v) is 20.3. The number of aliphatic hydroxyl groups is 10. The van der Waals surface area contributed by atoms with Crippen molar-refractivity contribution in [3.05, 3.63) is 24.6 Å². The van der Waals surface area contributed by atoms with Crippen LogP contribution in [0.3, 0.4) is 0 Å². The second kappa shape index (κ2) is 29.6. The fourth-order valence-electron chi connectivity index (χ4n) is 10.1. The molecule has 12 aliphatic rings. The highest BCUT2D eigenvalue weighted by Gasteiger charge is 2.53. The Kier molecular flexibility index (Phi) is 24.0. The molecule has 12 rings (SSSR count). The van der Waals surface area contributed by atoms with Crippen LogP contribution in [0.2, 0.25) is 0 Å². The molecule has 12 fully saturated rings. The molecule has 0 aliphatic carbocycles. The van der Waals surface area contributed by atoms with Gasteiger partial charge in [0.25, 0.3) is 0 Å². The number of nitrogens with one attached hydrogen (secondary N) is 4. The maximum Gasteiger partial charge on any atom is 0.225 e. The molecule has 14 N–H and O–H groups in total. The van der Waals surface area contributed by atoms with Gasteiger partial charge >= 0.3 is 0 Å². The molecule has 0 spiro atoms. The Morgan fingerprint density at radius 3 is 1.26 bits per heavy atom. The third-order valence-electron chi connectivity index (χ3n) is 14.8. The third kappa shape index (κ3) is 16.5. The smallest absolute Gasteiger partial charge is 0.225 e. The summed E-state index contributed by atoms with van der Waals surface area (Å²) in [4.78, 5) is 52.8. The Labute approximate surface area is 440 Å². The van der Waals surface area contributed by atoms with Gasteiger partial charge in [0.15, 0.2) is 25.2 Å². The molecule has 0 radical (unpaired) electrons. The Balaban J connectivity index is 0.957. The molecule has 0 aromatic rings. The first-order valence-corrected chi connectivity index (χ1v) is 26.3. The predicted molar refractivity (Wildman–Crippen MR) is 259 cm³/mol. The van der Waals surface area contributed by atoms with Crippen molar-refractivity contribution in [2.75, 3.05) is 52.9 Å². The van der Waals surface area contributed by atoms with Crippen LogP contribution in [-0.4, -0.2) is 243 Å². The van der Waals surface area contributed by atoms with Crippen molar-refractivity contribution in [1.82, 2.24) is 26.2 Å². The van der Waals surface area contributed by atoms with Crippen LogP contribution in [-0.2, 0) is 57.1 Å². The molecular formula is C49H81N5O22. The minimum atomic E-state index is -1.60. The van der Waals surface area contributed by atoms with E-state index in [1.807, 2.05) is 0 Å². The molecule has 76 heavy (non-hydrogen) atoms. The Morgan fingerprint density at radius 1 is 0.474 bits per heavy atom. The summed E-state index contributed by atoms with van der Waals surface area (Å²) >= 11 is 0. The van der Waals surface area contributed by atoms with Gasteiger partial charge in [-0.3, -0.25) is 14.4 Å². The van der Waals surface area contributed by atoms with Gasteiger partial charge in [-0.2, -0.15) is 0 Å². The van der Waals surface area contributed by atoms with Crippen LogP contribution in [0.15, 0.2) is 24.6 Å². The zero-order valence-electron chi connectivity index (χ0n) is 42.9. The third-order valence-corrected chi connectivity index (χ3v) is 14.8. The molecule has 27 nitrogen and oxygen atoms in total. The highest BCUT2D eigenvalue weighted by molar-refractivity contribution is 5.83. The van der Waals surface area contributed by atoms with E-state index in [2.05, 4.69) is 34.4 Å². The molecule has 8 bridgehead atoms. The molecule has 0 saturated carbocycles. The van der Waals surface area contributed by atoms with Gasteiger partial charge in [-0.05, 0) is 45.4 Å². The van der Waals surface area contributed by atoms with Crippen molar-refractivity contribution in [1.29, 1.82) is 0 Å². The summed E-state index contributed by atoms with van der Waals surface area (Å²) in [5, 5.41) is 119. The minimum absolute atomic E-state index is 0.00337. The molecule has 0 aromatic heterocycles. The van der Waals surface area contributed by atoms with Crippen LogP contribution < -0.4 is 21.3 Å². The summed E-state index contributed by atoms with van der Waals surface area (Å²) in [6, 6.07) is 0. The number of carbonyl (C=O) groups is 4. The number of nitrogens with zero attached hydrogens (tertiary/aromatic N) is 1. The van der Waals surface area contributed by atoms with Crippen molar-refractivity contribution >= 4 is 23.5 Å². The van der Waals surface area contributed by atoms with E-state index in [1.165, 1.54) is 11.8 Å². The Hall–Kier alpha value is -3.56. The van der Waals surface area contributed by atoms with Gasteiger partial charge in [-0.1, -0.05) is 26.0 Å². The van der Waals surface area contributed by atoms with Crippen LogP contribution in [0.4, 0.5) is 0 Å². The second-order valence-electron chi connectivity index (χ2n) is 20.3. The predicted octanol–water partition coefficient (Wildman–Crippen LogP) is -4.73. The number of amides is 3. The fourth-order valence-corrected chi connectivity index (χ4v) is 10.1. The van der Waals surface area contributed by atoms with Crippen molar-refractivity contribution in [2.24, 2.45) is 11.8 Å². The first-order chi connectivity index (χ1) is 36.3. The van der Waals surface area contributed by atoms with Gasteiger partial charge in [0, 0.05) is 75.2 Å². The van der Waals surface area contributed by atoms with E-state index in [9.17, 15) is 70.2 Å². The SMILES string of the molecule is C=C(CCC(=O)NCC1O[C@@H]2OC3C(CO)O[C@H](OCCCCC1[C@H](O)C2O)C(O)[C@H]3O)NCN(CNC(=C)CCC(=O)NCC1O[C@@H]2OC3C(CO)O[C@H](OCCCCC1[C@H](O)C2O)C(O)[C@H]3O)C(=O)CCC(C)=O. The number of Topliss-reactive ketones (excluding diaryl/α,β-unsaturated/α-hetero) is 1. The van der Waals surface area contributed by atoms with Crippen molar-refractivity contribution in [3.63, 3.8) is 0 Å². The van der Waals surface area contributed by atoms with E-state index in [1.54, 1.807) is 0 Å². The number of hydrogen-bond acceptors (Lipinski definition) is 24. The number of carbonyl (C=O) groups excluding carboxylic acids is 4. The van der Waals surface area contributed by atoms with Gasteiger partial charge in [-0.25, -0.2) is 0 Å². The lowest BCUT2D eigenvalue weighted by Crippen LogP contribution is -2.64. The molecule has 12 unspecified atom stereocenters. The average molecular weight is 1090 g/mol. The molecule has 12 aliphatic heterocycles. The van der Waals surface area contributed by atoms with Crippen LogP contribution in [0.1, 0.15) is 84.0 Å². The van der Waals surface area contributed by atoms with E-state index in [-0.39, 0.29) is 89.9 Å². The molecule has 3 amide bonds. The Bertz CT molecular complexity index is 1790. The monoisotopic (exact) mass is 1090 g/mol. The van der Waals surface area contributed by atoms with Crippen molar-refractivity contribution in [3.8, 4) is 0 Å². The van der Waals surface area contributed by atoms with Crippen LogP contribution >= 0.6 is 0 Å². The summed E-state index contributed by atoms with van der Waals surface area (Å²) in [5.41, 5.74) is 0.792. The summed E-state index contributed by atoms with van der Waals surface area (Å²) < 4.78 is 46.4. The number of ketones is 1. The standard InChI is InChI=1S/C49H81N5O22/c1-24(10-13-33(58)50-18-29-27-8-4-6-16-69-46-42(67)38(63)44(31(20-55)73-46)75-48(71-29)40(65)36(27)61)52-22-54(35(60)15-12-26(3)57)23-53-25(2)11-14-34(59)51-19-30-28-9-5-7-17-70-47-43(68)39(64)45(32(21-56)74-47)76-49(72-30)41(66)37(28)62/h27-32,36-49,52-53,55-56,61-68H,1-2,4-23H2,3H3,(H,50,58)(H,51,59)/t27?,28?,29?,30?,31?,32?,36-,37-,38+,39+,40?,41?,42?,43?,44?,45?,46-,47-,48+,49+/m0/s1. The fraction of sp³-hybridized carbons (Fsp3) is 0.837. The number of ether oxygens (including phenoxy) is 8.